The van der Waals surface area contributed by atoms with Crippen molar-refractivity contribution in [1.82, 2.24) is 4.98 Å². The second-order valence-electron chi connectivity index (χ2n) is 6.95. The molecule has 1 aromatic heterocycles. The fourth-order valence-corrected chi connectivity index (χ4v) is 2.31. The van der Waals surface area contributed by atoms with Crippen LogP contribution in [0.5, 0.6) is 0 Å². The van der Waals surface area contributed by atoms with E-state index in [0.29, 0.717) is 5.92 Å². The van der Waals surface area contributed by atoms with E-state index in [4.69, 9.17) is 9.31 Å². The molecule has 5 heteroatoms. The van der Waals surface area contributed by atoms with Crippen molar-refractivity contribution >= 4 is 12.7 Å². The summed E-state index contributed by atoms with van der Waals surface area (Å²) >= 11 is 0. The van der Waals surface area contributed by atoms with Crippen LogP contribution in [0, 0.1) is 5.92 Å². The van der Waals surface area contributed by atoms with Crippen LogP contribution >= 0.6 is 0 Å². The molecule has 0 aromatic carbocycles. The van der Waals surface area contributed by atoms with E-state index in [0.717, 1.165) is 17.6 Å². The van der Waals surface area contributed by atoms with Gasteiger partial charge in [-0.1, -0.05) is 19.9 Å². The molecule has 0 bridgehead atoms. The van der Waals surface area contributed by atoms with Gasteiger partial charge in [0.25, 0.3) is 0 Å². The highest BCUT2D eigenvalue weighted by Crippen LogP contribution is 2.36. The Labute approximate surface area is 121 Å². The second-order valence-corrected chi connectivity index (χ2v) is 6.95. The van der Waals surface area contributed by atoms with Gasteiger partial charge < -0.3 is 14.3 Å². The van der Waals surface area contributed by atoms with Crippen LogP contribution in [0.25, 0.3) is 0 Å². The SMILES string of the molecule is CC(C)Cc1ccc(=O)[nH]c1B1OC(C)(C)C(C)(C)O1. The van der Waals surface area contributed by atoms with Gasteiger partial charge in [-0.25, -0.2) is 0 Å². The number of hydrogen-bond acceptors (Lipinski definition) is 3. The van der Waals surface area contributed by atoms with E-state index in [1.807, 2.05) is 33.8 Å². The Hall–Kier alpha value is -1.07. The molecule has 20 heavy (non-hydrogen) atoms. The molecule has 1 aliphatic heterocycles. The number of pyridine rings is 1. The minimum atomic E-state index is -0.511. The van der Waals surface area contributed by atoms with E-state index >= 15 is 0 Å². The van der Waals surface area contributed by atoms with Gasteiger partial charge in [-0.15, -0.1) is 0 Å². The van der Waals surface area contributed by atoms with Gasteiger partial charge in [-0.3, -0.25) is 4.79 Å². The van der Waals surface area contributed by atoms with Crippen molar-refractivity contribution in [3.63, 3.8) is 0 Å². The van der Waals surface area contributed by atoms with Crippen LogP contribution in [0.2, 0.25) is 0 Å². The van der Waals surface area contributed by atoms with Crippen LogP contribution < -0.4 is 11.2 Å². The van der Waals surface area contributed by atoms with E-state index in [2.05, 4.69) is 18.8 Å². The Morgan fingerprint density at radius 3 is 2.20 bits per heavy atom. The maximum Gasteiger partial charge on any atom is 0.512 e. The van der Waals surface area contributed by atoms with Crippen LogP contribution in [0.1, 0.15) is 47.1 Å². The average molecular weight is 277 g/mol. The van der Waals surface area contributed by atoms with Crippen molar-refractivity contribution in [1.29, 1.82) is 0 Å². The standard InChI is InChI=1S/C15H24BNO3/c1-10(2)9-11-7-8-12(18)17-13(11)16-19-14(3,4)15(5,6)20-16/h7-8,10H,9H2,1-6H3,(H,17,18). The first-order chi connectivity index (χ1) is 9.12. The first-order valence-corrected chi connectivity index (χ1v) is 7.20. The third kappa shape index (κ3) is 2.84. The summed E-state index contributed by atoms with van der Waals surface area (Å²) in [6.07, 6.45) is 0.885. The minimum Gasteiger partial charge on any atom is -0.398 e. The molecule has 4 nitrogen and oxygen atoms in total. The summed E-state index contributed by atoms with van der Waals surface area (Å²) in [6.45, 7) is 12.3. The summed E-state index contributed by atoms with van der Waals surface area (Å²) in [5.41, 5.74) is 0.907. The van der Waals surface area contributed by atoms with Crippen LogP contribution in [0.15, 0.2) is 16.9 Å². The predicted molar refractivity (Wildman–Crippen MR) is 81.3 cm³/mol. The summed E-state index contributed by atoms with van der Waals surface area (Å²) in [5, 5.41) is 0. The van der Waals surface area contributed by atoms with Crippen molar-refractivity contribution in [2.45, 2.75) is 59.2 Å². The minimum absolute atomic E-state index is 0.123. The Morgan fingerprint density at radius 2 is 1.70 bits per heavy atom. The van der Waals surface area contributed by atoms with Crippen molar-refractivity contribution < 1.29 is 9.31 Å². The Kier molecular flexibility index (Phi) is 3.86. The third-order valence-corrected chi connectivity index (χ3v) is 4.16. The van der Waals surface area contributed by atoms with Gasteiger partial charge in [-0.05, 0) is 45.6 Å². The molecule has 0 amide bonds. The van der Waals surface area contributed by atoms with Gasteiger partial charge >= 0.3 is 7.12 Å². The molecule has 110 valence electrons. The maximum absolute atomic E-state index is 11.6. The molecule has 1 N–H and O–H groups in total. The van der Waals surface area contributed by atoms with Crippen LogP contribution in [0.4, 0.5) is 0 Å². The fraction of sp³-hybridized carbons (Fsp3) is 0.667. The van der Waals surface area contributed by atoms with Crippen LogP contribution in [-0.2, 0) is 15.7 Å². The number of rotatable bonds is 3. The molecule has 1 saturated heterocycles. The molecule has 1 fully saturated rings. The summed E-state index contributed by atoms with van der Waals surface area (Å²) in [4.78, 5) is 14.5. The number of H-pyrrole nitrogens is 1. The van der Waals surface area contributed by atoms with Crippen LogP contribution in [0.3, 0.4) is 0 Å². The zero-order valence-electron chi connectivity index (χ0n) is 13.2. The smallest absolute Gasteiger partial charge is 0.398 e. The molecule has 0 spiro atoms. The Bertz CT molecular complexity index is 532. The highest BCUT2D eigenvalue weighted by Gasteiger charge is 2.52. The monoisotopic (exact) mass is 277 g/mol. The number of nitrogens with one attached hydrogen (secondary N) is 1. The van der Waals surface area contributed by atoms with Gasteiger partial charge in [0.2, 0.25) is 5.56 Å². The Morgan fingerprint density at radius 1 is 1.15 bits per heavy atom. The lowest BCUT2D eigenvalue weighted by atomic mass is 9.79. The molecule has 1 aromatic rings. The lowest BCUT2D eigenvalue weighted by Crippen LogP contribution is -2.42. The quantitative estimate of drug-likeness (QED) is 0.858. The lowest BCUT2D eigenvalue weighted by Gasteiger charge is -2.32. The summed E-state index contributed by atoms with van der Waals surface area (Å²) in [5.74, 6) is 0.502. The molecular formula is C15H24BNO3. The molecule has 2 rings (SSSR count). The van der Waals surface area contributed by atoms with E-state index in [9.17, 15) is 4.79 Å². The van der Waals surface area contributed by atoms with Crippen molar-refractivity contribution in [3.8, 4) is 0 Å². The molecule has 2 heterocycles. The highest BCUT2D eigenvalue weighted by atomic mass is 16.7. The maximum atomic E-state index is 11.6. The van der Waals surface area contributed by atoms with E-state index in [-0.39, 0.29) is 5.56 Å². The predicted octanol–water partition coefficient (Wildman–Crippen LogP) is 1.87. The number of aromatic nitrogens is 1. The third-order valence-electron chi connectivity index (χ3n) is 4.16. The molecule has 0 unspecified atom stereocenters. The lowest BCUT2D eigenvalue weighted by molar-refractivity contribution is 0.00578. The van der Waals surface area contributed by atoms with Crippen LogP contribution in [-0.4, -0.2) is 23.3 Å². The summed E-state index contributed by atoms with van der Waals surface area (Å²) in [6, 6.07) is 3.44. The number of hydrogen-bond donors (Lipinski definition) is 1. The topological polar surface area (TPSA) is 51.3 Å². The van der Waals surface area contributed by atoms with Crippen molar-refractivity contribution in [2.24, 2.45) is 5.92 Å². The first-order valence-electron chi connectivity index (χ1n) is 7.20. The summed E-state index contributed by atoms with van der Waals surface area (Å²) < 4.78 is 12.1. The van der Waals surface area contributed by atoms with Gasteiger partial charge in [0.05, 0.1) is 16.8 Å². The zero-order valence-corrected chi connectivity index (χ0v) is 13.2. The first kappa shape index (κ1) is 15.3. The molecule has 0 atom stereocenters. The van der Waals surface area contributed by atoms with Crippen molar-refractivity contribution in [2.75, 3.05) is 0 Å². The van der Waals surface area contributed by atoms with E-state index in [1.165, 1.54) is 0 Å². The van der Waals surface area contributed by atoms with Gasteiger partial charge in [0, 0.05) is 6.07 Å². The van der Waals surface area contributed by atoms with Gasteiger partial charge in [0.15, 0.2) is 0 Å². The Balaban J connectivity index is 2.38. The number of aromatic amines is 1. The second kappa shape index (κ2) is 5.04. The molecule has 0 radical (unpaired) electrons. The van der Waals surface area contributed by atoms with E-state index in [1.54, 1.807) is 6.07 Å². The normalized spacial score (nSPS) is 20.6. The van der Waals surface area contributed by atoms with Gasteiger partial charge in [-0.2, -0.15) is 0 Å². The fourth-order valence-electron chi connectivity index (χ4n) is 2.31. The average Bonchev–Trinajstić information content (AvgIpc) is 2.50. The van der Waals surface area contributed by atoms with Crippen molar-refractivity contribution in [3.05, 3.63) is 28.0 Å². The highest BCUT2D eigenvalue weighted by molar-refractivity contribution is 6.61. The van der Waals surface area contributed by atoms with E-state index < -0.39 is 18.3 Å². The summed E-state index contributed by atoms with van der Waals surface area (Å²) in [7, 11) is -0.511. The zero-order chi connectivity index (χ0) is 15.1. The molecule has 1 aliphatic rings. The largest absolute Gasteiger partial charge is 0.512 e. The molecular weight excluding hydrogens is 253 g/mol. The van der Waals surface area contributed by atoms with Gasteiger partial charge in [0.1, 0.15) is 0 Å². The molecule has 0 aliphatic carbocycles. The molecule has 0 saturated carbocycles.